The van der Waals surface area contributed by atoms with Gasteiger partial charge < -0.3 is 8.92 Å². The number of hydrazine groups is 1. The van der Waals surface area contributed by atoms with Crippen LogP contribution in [0, 0.1) is 13.5 Å². The van der Waals surface area contributed by atoms with Crippen LogP contribution in [0.2, 0.25) is 0 Å². The summed E-state index contributed by atoms with van der Waals surface area (Å²) >= 11 is -1.57. The minimum Gasteiger partial charge on any atom is -0.412 e. The number of nitrogens with zero attached hydrogens (tertiary/aromatic N) is 1. The molecular formula is C13H17N3O4S. The van der Waals surface area contributed by atoms with Crippen LogP contribution in [0.5, 0.6) is 5.75 Å². The van der Waals surface area contributed by atoms with E-state index in [1.807, 2.05) is 0 Å². The van der Waals surface area contributed by atoms with E-state index in [9.17, 15) is 9.00 Å². The van der Waals surface area contributed by atoms with E-state index < -0.39 is 11.1 Å². The number of benzene rings is 1. The van der Waals surface area contributed by atoms with Gasteiger partial charge in [-0.25, -0.2) is 9.05 Å². The lowest BCUT2D eigenvalue weighted by molar-refractivity contribution is -0.118. The standard InChI is InChI=1S/C13H17N3O4S/c1-9-7-13(20-21(18)6-5-19-4)12(14-3)8-11(9)16-15-10(2)17/h7-8,16H,5-6H2,1-2,4H3,(H,15,17). The second-order valence-electron chi connectivity index (χ2n) is 4.14. The monoisotopic (exact) mass is 311 g/mol. The van der Waals surface area contributed by atoms with Gasteiger partial charge in [0, 0.05) is 19.7 Å². The van der Waals surface area contributed by atoms with E-state index in [2.05, 4.69) is 15.7 Å². The van der Waals surface area contributed by atoms with Gasteiger partial charge in [-0.3, -0.25) is 15.6 Å². The van der Waals surface area contributed by atoms with Crippen LogP contribution in [0.25, 0.3) is 4.85 Å². The van der Waals surface area contributed by atoms with Crippen molar-refractivity contribution in [3.63, 3.8) is 0 Å². The van der Waals surface area contributed by atoms with Crippen LogP contribution in [0.15, 0.2) is 12.1 Å². The van der Waals surface area contributed by atoms with Gasteiger partial charge in [-0.15, -0.1) is 0 Å². The van der Waals surface area contributed by atoms with E-state index in [1.165, 1.54) is 20.1 Å². The largest absolute Gasteiger partial charge is 0.412 e. The normalized spacial score (nSPS) is 11.3. The molecule has 8 heteroatoms. The van der Waals surface area contributed by atoms with Crippen LogP contribution in [0.3, 0.4) is 0 Å². The maximum Gasteiger partial charge on any atom is 0.235 e. The van der Waals surface area contributed by atoms with E-state index >= 15 is 0 Å². The summed E-state index contributed by atoms with van der Waals surface area (Å²) in [5, 5.41) is 0. The summed E-state index contributed by atoms with van der Waals surface area (Å²) in [5.41, 5.74) is 6.67. The predicted molar refractivity (Wildman–Crippen MR) is 80.4 cm³/mol. The van der Waals surface area contributed by atoms with Crippen LogP contribution < -0.4 is 15.0 Å². The lowest BCUT2D eigenvalue weighted by Gasteiger charge is -2.13. The molecule has 0 saturated heterocycles. The highest BCUT2D eigenvalue weighted by Crippen LogP contribution is 2.34. The molecule has 0 heterocycles. The van der Waals surface area contributed by atoms with Crippen LogP contribution in [-0.4, -0.2) is 29.6 Å². The number of hydrogen-bond acceptors (Lipinski definition) is 5. The molecule has 0 radical (unpaired) electrons. The summed E-state index contributed by atoms with van der Waals surface area (Å²) in [4.78, 5) is 14.2. The maximum atomic E-state index is 11.7. The second-order valence-corrected chi connectivity index (χ2v) is 5.32. The van der Waals surface area contributed by atoms with E-state index in [0.717, 1.165) is 5.56 Å². The SMILES string of the molecule is [C-]#[N+]c1cc(NNC(C)=O)c(C)cc1OS(=O)CCOC. The highest BCUT2D eigenvalue weighted by atomic mass is 32.2. The average molecular weight is 311 g/mol. The van der Waals surface area contributed by atoms with Crippen molar-refractivity contribution in [1.29, 1.82) is 0 Å². The Morgan fingerprint density at radius 2 is 2.19 bits per heavy atom. The van der Waals surface area contributed by atoms with Crippen molar-refractivity contribution in [3.8, 4) is 5.75 Å². The molecule has 0 aliphatic rings. The topological polar surface area (TPSA) is 81.0 Å². The first-order valence-electron chi connectivity index (χ1n) is 6.08. The summed E-state index contributed by atoms with van der Waals surface area (Å²) in [6.45, 7) is 10.6. The van der Waals surface area contributed by atoms with E-state index in [1.54, 1.807) is 13.0 Å². The molecule has 0 saturated carbocycles. The Bertz CT molecular complexity index is 584. The van der Waals surface area contributed by atoms with Gasteiger partial charge in [0.1, 0.15) is 5.75 Å². The molecule has 1 amide bonds. The highest BCUT2D eigenvalue weighted by Gasteiger charge is 2.12. The van der Waals surface area contributed by atoms with Gasteiger partial charge in [0.2, 0.25) is 22.7 Å². The molecule has 0 aliphatic heterocycles. The van der Waals surface area contributed by atoms with E-state index in [4.69, 9.17) is 15.5 Å². The number of amides is 1. The number of hydrogen-bond donors (Lipinski definition) is 2. The summed E-state index contributed by atoms with van der Waals surface area (Å²) in [5.74, 6) is 0.212. The van der Waals surface area contributed by atoms with Gasteiger partial charge in [0.25, 0.3) is 0 Å². The molecule has 0 bridgehead atoms. The first-order chi connectivity index (χ1) is 9.97. The van der Waals surface area contributed by atoms with Crippen LogP contribution in [0.4, 0.5) is 11.4 Å². The van der Waals surface area contributed by atoms with E-state index in [-0.39, 0.29) is 23.1 Å². The van der Waals surface area contributed by atoms with Crippen LogP contribution in [-0.2, 0) is 20.6 Å². The third-order valence-corrected chi connectivity index (χ3v) is 3.30. The fraction of sp³-hybridized carbons (Fsp3) is 0.385. The van der Waals surface area contributed by atoms with Crippen molar-refractivity contribution >= 4 is 28.4 Å². The van der Waals surface area contributed by atoms with E-state index in [0.29, 0.717) is 12.3 Å². The predicted octanol–water partition coefficient (Wildman–Crippen LogP) is 1.70. The molecule has 0 aliphatic carbocycles. The third kappa shape index (κ3) is 5.41. The Hall–Kier alpha value is -2.11. The summed E-state index contributed by atoms with van der Waals surface area (Å²) in [6, 6.07) is 3.13. The summed E-state index contributed by atoms with van der Waals surface area (Å²) < 4.78 is 21.8. The number of rotatable bonds is 7. The fourth-order valence-electron chi connectivity index (χ4n) is 1.41. The average Bonchev–Trinajstić information content (AvgIpc) is 2.44. The van der Waals surface area contributed by atoms with Crippen molar-refractivity contribution in [3.05, 3.63) is 29.1 Å². The van der Waals surface area contributed by atoms with Gasteiger partial charge >= 0.3 is 0 Å². The molecule has 1 unspecified atom stereocenters. The first-order valence-corrected chi connectivity index (χ1v) is 7.32. The Balaban J connectivity index is 2.91. The molecule has 0 aromatic heterocycles. The zero-order valence-corrected chi connectivity index (χ0v) is 12.9. The number of aryl methyl sites for hydroxylation is 1. The first kappa shape index (κ1) is 16.9. The van der Waals surface area contributed by atoms with Gasteiger partial charge in [0.15, 0.2) is 0 Å². The molecule has 21 heavy (non-hydrogen) atoms. The molecule has 0 spiro atoms. The van der Waals surface area contributed by atoms with Crippen molar-refractivity contribution < 1.29 is 17.9 Å². The minimum atomic E-state index is -1.57. The Kier molecular flexibility index (Phi) is 6.65. The lowest BCUT2D eigenvalue weighted by atomic mass is 10.1. The molecule has 0 fully saturated rings. The van der Waals surface area contributed by atoms with Gasteiger partial charge in [-0.1, -0.05) is 0 Å². The lowest BCUT2D eigenvalue weighted by Crippen LogP contribution is -2.26. The molecule has 2 N–H and O–H groups in total. The minimum absolute atomic E-state index is 0.208. The zero-order chi connectivity index (χ0) is 15.8. The summed E-state index contributed by atoms with van der Waals surface area (Å²) in [7, 11) is 1.51. The molecule has 7 nitrogen and oxygen atoms in total. The molecule has 114 valence electrons. The number of methoxy groups -OCH3 is 1. The number of nitrogens with one attached hydrogen (secondary N) is 2. The highest BCUT2D eigenvalue weighted by molar-refractivity contribution is 7.80. The Morgan fingerprint density at radius 3 is 2.76 bits per heavy atom. The van der Waals surface area contributed by atoms with Gasteiger partial charge in [-0.05, 0) is 24.6 Å². The Morgan fingerprint density at radius 1 is 1.48 bits per heavy atom. The zero-order valence-electron chi connectivity index (χ0n) is 12.1. The van der Waals surface area contributed by atoms with Gasteiger partial charge in [-0.2, -0.15) is 0 Å². The summed E-state index contributed by atoms with van der Waals surface area (Å²) in [6.07, 6.45) is 0. The van der Waals surface area contributed by atoms with Crippen molar-refractivity contribution in [1.82, 2.24) is 5.43 Å². The molecule has 1 aromatic rings. The third-order valence-electron chi connectivity index (χ3n) is 2.44. The molecular weight excluding hydrogens is 294 g/mol. The molecule has 1 rings (SSSR count). The van der Waals surface area contributed by atoms with Crippen LogP contribution >= 0.6 is 0 Å². The van der Waals surface area contributed by atoms with Gasteiger partial charge in [0.05, 0.1) is 18.9 Å². The number of ether oxygens (including phenoxy) is 1. The quantitative estimate of drug-likeness (QED) is 0.592. The number of carbonyl (C=O) groups excluding carboxylic acids is 1. The van der Waals surface area contributed by atoms with Crippen molar-refractivity contribution in [2.75, 3.05) is 24.9 Å². The number of carbonyl (C=O) groups is 1. The molecule has 1 atom stereocenters. The smallest absolute Gasteiger partial charge is 0.235 e. The second kappa shape index (κ2) is 8.24. The fourth-order valence-corrected chi connectivity index (χ4v) is 2.13. The van der Waals surface area contributed by atoms with Crippen molar-refractivity contribution in [2.45, 2.75) is 13.8 Å². The molecule has 1 aromatic carbocycles. The maximum absolute atomic E-state index is 11.7. The van der Waals surface area contributed by atoms with Crippen molar-refractivity contribution in [2.24, 2.45) is 0 Å². The Labute approximate surface area is 126 Å². The van der Waals surface area contributed by atoms with Crippen LogP contribution in [0.1, 0.15) is 12.5 Å². The number of anilines is 1.